The fourth-order valence-corrected chi connectivity index (χ4v) is 5.92. The van der Waals surface area contributed by atoms with E-state index in [1.807, 2.05) is 0 Å². The summed E-state index contributed by atoms with van der Waals surface area (Å²) < 4.78 is 4.58. The van der Waals surface area contributed by atoms with Crippen molar-refractivity contribution in [2.24, 2.45) is 16.6 Å². The highest BCUT2D eigenvalue weighted by Gasteiger charge is 2.54. The maximum absolute atomic E-state index is 12.7. The van der Waals surface area contributed by atoms with E-state index in [0.717, 1.165) is 28.0 Å². The second-order valence-corrected chi connectivity index (χ2v) is 9.69. The number of nitrogens with zero attached hydrogens (tertiary/aromatic N) is 3. The van der Waals surface area contributed by atoms with E-state index in [4.69, 9.17) is 17.2 Å². The summed E-state index contributed by atoms with van der Waals surface area (Å²) in [5, 5.41) is 26.7. The third-order valence-corrected chi connectivity index (χ3v) is 7.51. The van der Waals surface area contributed by atoms with Gasteiger partial charge in [-0.15, -0.1) is 23.1 Å². The summed E-state index contributed by atoms with van der Waals surface area (Å²) in [6, 6.07) is -1.68. The largest absolute Gasteiger partial charge is 0.477 e. The molecule has 3 rings (SSSR count). The van der Waals surface area contributed by atoms with E-state index in [0.29, 0.717) is 4.91 Å². The average Bonchev–Trinajstić information content (AvgIpc) is 3.21. The Hall–Kier alpha value is -3.28. The number of β-lactam (4-membered cyclic amide) rings is 1. The number of ether oxygens (including phenoxy) is 1. The van der Waals surface area contributed by atoms with E-state index in [1.54, 1.807) is 0 Å². The van der Waals surface area contributed by atoms with Gasteiger partial charge in [-0.2, -0.15) is 0 Å². The molecule has 17 heteroatoms. The summed E-state index contributed by atoms with van der Waals surface area (Å²) in [5.74, 6) is -2.56. The lowest BCUT2D eigenvalue weighted by Crippen LogP contribution is -2.71. The second kappa shape index (κ2) is 10.8. The molecule has 1 fully saturated rings. The smallest absolute Gasteiger partial charge is 0.404 e. The van der Waals surface area contributed by atoms with Gasteiger partial charge in [-0.1, -0.05) is 23.0 Å². The molecule has 3 amide bonds. The molecule has 1 unspecified atom stereocenters. The number of nitrogen functional groups attached to an aromatic ring is 1. The molecule has 1 saturated heterocycles. The molecule has 0 saturated carbocycles. The number of rotatable bonds is 9. The van der Waals surface area contributed by atoms with Crippen LogP contribution in [0.3, 0.4) is 0 Å². The van der Waals surface area contributed by atoms with Gasteiger partial charge in [0, 0.05) is 16.0 Å². The summed E-state index contributed by atoms with van der Waals surface area (Å²) in [5.41, 5.74) is 15.6. The highest BCUT2D eigenvalue weighted by molar-refractivity contribution is 8.08. The van der Waals surface area contributed by atoms with Crippen LogP contribution >= 0.6 is 34.9 Å². The van der Waals surface area contributed by atoms with Crippen molar-refractivity contribution in [3.05, 3.63) is 33.2 Å². The van der Waals surface area contributed by atoms with Gasteiger partial charge >= 0.3 is 12.1 Å². The molecule has 0 bridgehead atoms. The van der Waals surface area contributed by atoms with Gasteiger partial charge in [0.1, 0.15) is 29.4 Å². The SMILES string of the molecule is NC(=O)OC[C@H](N)/C=C\SC1=C(C(=O)O)N2C(=O)C(NC(=O)/C(=N\O)c3csc(N)n3)[C@H]2SC1. The number of thioether (sulfide) groups is 2. The van der Waals surface area contributed by atoms with Crippen molar-refractivity contribution in [3.63, 3.8) is 0 Å². The predicted octanol–water partition coefficient (Wildman–Crippen LogP) is -0.731. The number of fused-ring (bicyclic) bond motifs is 1. The quantitative estimate of drug-likeness (QED) is 0.100. The minimum atomic E-state index is -1.31. The van der Waals surface area contributed by atoms with Crippen molar-refractivity contribution in [2.45, 2.75) is 17.5 Å². The van der Waals surface area contributed by atoms with Gasteiger partial charge < -0.3 is 37.6 Å². The van der Waals surface area contributed by atoms with Crippen LogP contribution in [0.1, 0.15) is 5.69 Å². The number of carbonyl (C=O) groups excluding carboxylic acids is 3. The molecule has 3 heterocycles. The van der Waals surface area contributed by atoms with Crippen molar-refractivity contribution < 1.29 is 34.2 Å². The van der Waals surface area contributed by atoms with Crippen LogP contribution in [0.2, 0.25) is 0 Å². The first kappa shape index (κ1) is 25.3. The average molecular weight is 530 g/mol. The van der Waals surface area contributed by atoms with E-state index in [-0.39, 0.29) is 28.9 Å². The van der Waals surface area contributed by atoms with Crippen LogP contribution in [0.25, 0.3) is 0 Å². The van der Waals surface area contributed by atoms with Gasteiger partial charge in [0.05, 0.1) is 6.04 Å². The first-order chi connectivity index (χ1) is 16.1. The number of nitrogens with two attached hydrogens (primary N) is 3. The Morgan fingerprint density at radius 1 is 1.47 bits per heavy atom. The third-order valence-electron chi connectivity index (χ3n) is 4.46. The number of amides is 3. The first-order valence-electron chi connectivity index (χ1n) is 9.30. The van der Waals surface area contributed by atoms with Crippen molar-refractivity contribution in [1.29, 1.82) is 0 Å². The molecule has 2 aliphatic rings. The molecule has 182 valence electrons. The number of carboxylic acid groups (broad SMARTS) is 1. The van der Waals surface area contributed by atoms with Gasteiger partial charge in [-0.05, 0) is 5.41 Å². The van der Waals surface area contributed by atoms with Crippen molar-refractivity contribution in [2.75, 3.05) is 18.1 Å². The topological polar surface area (TPSA) is 237 Å². The molecule has 9 N–H and O–H groups in total. The fourth-order valence-electron chi connectivity index (χ4n) is 2.96. The molecule has 0 spiro atoms. The summed E-state index contributed by atoms with van der Waals surface area (Å²) in [6.45, 7) is -0.146. The van der Waals surface area contributed by atoms with Crippen LogP contribution in [0.15, 0.2) is 32.6 Å². The summed E-state index contributed by atoms with van der Waals surface area (Å²) >= 11 is 3.34. The van der Waals surface area contributed by atoms with Crippen LogP contribution in [-0.2, 0) is 19.1 Å². The van der Waals surface area contributed by atoms with Gasteiger partial charge in [-0.25, -0.2) is 14.6 Å². The zero-order valence-electron chi connectivity index (χ0n) is 17.1. The lowest BCUT2D eigenvalue weighted by atomic mass is 10.0. The first-order valence-corrected chi connectivity index (χ1v) is 12.1. The fraction of sp³-hybridized carbons (Fsp3) is 0.294. The number of anilines is 1. The number of oxime groups is 1. The third kappa shape index (κ3) is 5.44. The van der Waals surface area contributed by atoms with Crippen molar-refractivity contribution >= 4 is 69.6 Å². The number of carboxylic acids is 1. The van der Waals surface area contributed by atoms with Crippen LogP contribution in [-0.4, -0.2) is 79.6 Å². The number of hydrogen-bond donors (Lipinski definition) is 6. The highest BCUT2D eigenvalue weighted by Crippen LogP contribution is 2.43. The van der Waals surface area contributed by atoms with E-state index < -0.39 is 47.0 Å². The standard InChI is InChI=1S/C17H19N7O7S3/c18-6(3-31-17(20)29)1-2-32-8-5-33-14-10(13(26)24(14)11(8)15(27)28)22-12(25)9(23-30)7-4-34-16(19)21-7/h1-2,4,6,10,14,30H,3,5,18H2,(H2,19,21)(H2,20,29)(H,22,25)(H,27,28)/b2-1-,23-9-/t6-,10?,14-/m1/s1. The Balaban J connectivity index is 1.68. The number of primary amides is 1. The van der Waals surface area contributed by atoms with Gasteiger partial charge in [-0.3, -0.25) is 14.5 Å². The van der Waals surface area contributed by atoms with Crippen LogP contribution in [0.5, 0.6) is 0 Å². The number of nitrogens with one attached hydrogen (secondary N) is 1. The predicted molar refractivity (Wildman–Crippen MR) is 125 cm³/mol. The summed E-state index contributed by atoms with van der Waals surface area (Å²) in [7, 11) is 0. The molecule has 0 aliphatic carbocycles. The zero-order chi connectivity index (χ0) is 25.0. The Morgan fingerprint density at radius 3 is 2.79 bits per heavy atom. The van der Waals surface area contributed by atoms with Crippen molar-refractivity contribution in [1.82, 2.24) is 15.2 Å². The maximum Gasteiger partial charge on any atom is 0.404 e. The van der Waals surface area contributed by atoms with Gasteiger partial charge in [0.2, 0.25) is 0 Å². The molecule has 0 radical (unpaired) electrons. The summed E-state index contributed by atoms with van der Waals surface area (Å²) in [4.78, 5) is 53.1. The second-order valence-electron chi connectivity index (χ2n) is 6.70. The van der Waals surface area contributed by atoms with Crippen molar-refractivity contribution in [3.8, 4) is 0 Å². The Bertz CT molecular complexity index is 1100. The molecule has 2 aliphatic heterocycles. The maximum atomic E-state index is 12.7. The normalized spacial score (nSPS) is 21.1. The van der Waals surface area contributed by atoms with E-state index in [9.17, 15) is 29.5 Å². The van der Waals surface area contributed by atoms with E-state index in [2.05, 4.69) is 20.2 Å². The minimum absolute atomic E-state index is 0.0402. The number of aromatic nitrogens is 1. The molecule has 3 atom stereocenters. The molecular weight excluding hydrogens is 510 g/mol. The number of thiazole rings is 1. The lowest BCUT2D eigenvalue weighted by Gasteiger charge is -2.49. The Kier molecular flexibility index (Phi) is 8.02. The lowest BCUT2D eigenvalue weighted by molar-refractivity contribution is -0.150. The number of carbonyl (C=O) groups is 4. The monoisotopic (exact) mass is 529 g/mol. The minimum Gasteiger partial charge on any atom is -0.477 e. The summed E-state index contributed by atoms with van der Waals surface area (Å²) in [6.07, 6.45) is 0.534. The Morgan fingerprint density at radius 2 is 2.21 bits per heavy atom. The zero-order valence-corrected chi connectivity index (χ0v) is 19.6. The molecule has 14 nitrogen and oxygen atoms in total. The molecular formula is C17H19N7O7S3. The molecule has 1 aromatic heterocycles. The van der Waals surface area contributed by atoms with E-state index in [1.165, 1.54) is 28.6 Å². The number of hydrogen-bond acceptors (Lipinski definition) is 13. The highest BCUT2D eigenvalue weighted by atomic mass is 32.2. The van der Waals surface area contributed by atoms with Crippen LogP contribution in [0.4, 0.5) is 9.93 Å². The van der Waals surface area contributed by atoms with E-state index >= 15 is 0 Å². The van der Waals surface area contributed by atoms with Gasteiger partial charge in [0.15, 0.2) is 10.8 Å². The molecule has 34 heavy (non-hydrogen) atoms. The van der Waals surface area contributed by atoms with Crippen LogP contribution in [0, 0.1) is 0 Å². The van der Waals surface area contributed by atoms with Gasteiger partial charge in [0.25, 0.3) is 11.8 Å². The molecule has 1 aromatic rings. The van der Waals surface area contributed by atoms with Crippen LogP contribution < -0.4 is 22.5 Å². The molecule has 0 aromatic carbocycles. The Labute approximate surface area is 204 Å². The number of aliphatic carboxylic acids is 1.